The minimum absolute atomic E-state index is 0.0123. The number of carbonyl (C=O) groups is 2. The number of hydrogen-bond donors (Lipinski definition) is 0. The second kappa shape index (κ2) is 6.01. The van der Waals surface area contributed by atoms with E-state index in [2.05, 4.69) is 5.10 Å². The topological polar surface area (TPSA) is 52.0 Å². The van der Waals surface area contributed by atoms with E-state index in [1.165, 1.54) is 19.9 Å². The summed E-state index contributed by atoms with van der Waals surface area (Å²) in [5.41, 5.74) is 3.17. The molecule has 0 bridgehead atoms. The fraction of sp³-hybridized carbons (Fsp3) is 0.105. The van der Waals surface area contributed by atoms with Crippen LogP contribution in [0.15, 0.2) is 54.6 Å². The van der Waals surface area contributed by atoms with Crippen LogP contribution in [0.1, 0.15) is 29.9 Å². The van der Waals surface area contributed by atoms with Gasteiger partial charge in [0, 0.05) is 12.3 Å². The van der Waals surface area contributed by atoms with E-state index in [1.807, 2.05) is 48.5 Å². The molecule has 3 aromatic rings. The molecule has 0 aliphatic heterocycles. The van der Waals surface area contributed by atoms with Gasteiger partial charge in [0.05, 0.1) is 11.2 Å². The van der Waals surface area contributed by atoms with Gasteiger partial charge in [-0.25, -0.2) is 4.68 Å². The Labute approximate surface area is 134 Å². The van der Waals surface area contributed by atoms with E-state index in [9.17, 15) is 9.59 Å². The van der Waals surface area contributed by atoms with E-state index >= 15 is 0 Å². The van der Waals surface area contributed by atoms with Crippen molar-refractivity contribution in [2.45, 2.75) is 13.8 Å². The average Bonchev–Trinajstić information content (AvgIpc) is 2.93. The average molecular weight is 304 g/mol. The number of hydrogen-bond acceptors (Lipinski definition) is 3. The fourth-order valence-electron chi connectivity index (χ4n) is 2.46. The summed E-state index contributed by atoms with van der Waals surface area (Å²) in [6.07, 6.45) is 3.31. The van der Waals surface area contributed by atoms with Gasteiger partial charge in [0.1, 0.15) is 5.69 Å². The Hall–Kier alpha value is -3.01. The maximum atomic E-state index is 11.8. The van der Waals surface area contributed by atoms with Gasteiger partial charge in [-0.3, -0.25) is 9.59 Å². The van der Waals surface area contributed by atoms with Crippen molar-refractivity contribution in [2.24, 2.45) is 0 Å². The number of fused-ring (bicyclic) bond motifs is 1. The number of allylic oxidation sites excluding steroid dienone is 1. The van der Waals surface area contributed by atoms with Crippen LogP contribution in [0, 0.1) is 0 Å². The van der Waals surface area contributed by atoms with Crippen molar-refractivity contribution in [2.75, 3.05) is 0 Å². The second-order valence-corrected chi connectivity index (χ2v) is 5.37. The predicted molar refractivity (Wildman–Crippen MR) is 90.8 cm³/mol. The number of para-hydroxylation sites is 1. The number of benzene rings is 2. The van der Waals surface area contributed by atoms with E-state index in [0.29, 0.717) is 5.69 Å². The van der Waals surface area contributed by atoms with Gasteiger partial charge in [0.25, 0.3) is 0 Å². The molecule has 4 nitrogen and oxygen atoms in total. The third-order valence-electron chi connectivity index (χ3n) is 3.57. The van der Waals surface area contributed by atoms with Crippen LogP contribution in [-0.2, 0) is 4.79 Å². The molecule has 0 saturated heterocycles. The number of nitrogens with zero attached hydrogens (tertiary/aromatic N) is 2. The first-order chi connectivity index (χ1) is 11.1. The Balaban J connectivity index is 2.07. The minimum Gasteiger partial charge on any atom is -0.295 e. The molecule has 0 radical (unpaired) electrons. The molecule has 1 heterocycles. The molecular weight excluding hydrogens is 288 g/mol. The summed E-state index contributed by atoms with van der Waals surface area (Å²) in [5, 5.41) is 5.31. The minimum atomic E-state index is -0.0547. The van der Waals surface area contributed by atoms with Gasteiger partial charge in [-0.2, -0.15) is 5.10 Å². The molecule has 0 aliphatic rings. The molecule has 0 amide bonds. The van der Waals surface area contributed by atoms with E-state index in [4.69, 9.17) is 0 Å². The summed E-state index contributed by atoms with van der Waals surface area (Å²) in [5.74, 6) is -0.0424. The monoisotopic (exact) mass is 304 g/mol. The molecule has 0 aliphatic carbocycles. The molecule has 4 heteroatoms. The van der Waals surface area contributed by atoms with Gasteiger partial charge in [0.2, 0.25) is 0 Å². The van der Waals surface area contributed by atoms with Gasteiger partial charge in [-0.05, 0) is 36.8 Å². The summed E-state index contributed by atoms with van der Waals surface area (Å²) in [6.45, 7) is 3.04. The van der Waals surface area contributed by atoms with Crippen molar-refractivity contribution in [3.63, 3.8) is 0 Å². The Bertz CT molecular complexity index is 918. The first-order valence-corrected chi connectivity index (χ1v) is 7.34. The Kier molecular flexibility index (Phi) is 3.89. The molecule has 1 aromatic heterocycles. The van der Waals surface area contributed by atoms with Crippen molar-refractivity contribution >= 4 is 28.5 Å². The zero-order valence-corrected chi connectivity index (χ0v) is 13.0. The summed E-state index contributed by atoms with van der Waals surface area (Å²) in [4.78, 5) is 22.8. The van der Waals surface area contributed by atoms with Crippen molar-refractivity contribution in [3.05, 3.63) is 65.9 Å². The number of Topliss-reactive ketones (excluding diaryl/α,β-unsaturated/α-hetero) is 1. The standard InChI is InChI=1S/C19H16N2O2/c1-13(22)7-8-15-9-11-16(12-10-15)21-18-6-4-3-5-17(18)19(20-21)14(2)23/h3-12H,1-2H3. The summed E-state index contributed by atoms with van der Waals surface area (Å²) in [6, 6.07) is 15.3. The third-order valence-corrected chi connectivity index (χ3v) is 3.57. The number of carbonyl (C=O) groups excluding carboxylic acids is 2. The summed E-state index contributed by atoms with van der Waals surface area (Å²) < 4.78 is 1.77. The van der Waals surface area contributed by atoms with Crippen LogP contribution in [0.25, 0.3) is 22.7 Å². The SMILES string of the molecule is CC(=O)C=Cc1ccc(-n2nc(C(C)=O)c3ccccc32)cc1. The van der Waals surface area contributed by atoms with E-state index in [1.54, 1.807) is 10.8 Å². The summed E-state index contributed by atoms with van der Waals surface area (Å²) >= 11 is 0. The van der Waals surface area contributed by atoms with E-state index in [-0.39, 0.29) is 11.6 Å². The third kappa shape index (κ3) is 2.97. The molecule has 23 heavy (non-hydrogen) atoms. The molecule has 2 aromatic carbocycles. The molecule has 0 unspecified atom stereocenters. The molecule has 0 atom stereocenters. The summed E-state index contributed by atoms with van der Waals surface area (Å²) in [7, 11) is 0. The predicted octanol–water partition coefficient (Wildman–Crippen LogP) is 3.83. The first kappa shape index (κ1) is 14.9. The highest BCUT2D eigenvalue weighted by molar-refractivity contribution is 6.05. The maximum absolute atomic E-state index is 11.8. The second-order valence-electron chi connectivity index (χ2n) is 5.37. The number of ketones is 2. The van der Waals surface area contributed by atoms with E-state index in [0.717, 1.165) is 22.2 Å². The fourth-order valence-corrected chi connectivity index (χ4v) is 2.46. The molecular formula is C19H16N2O2. The van der Waals surface area contributed by atoms with Crippen LogP contribution in [0.4, 0.5) is 0 Å². The normalized spacial score (nSPS) is 11.2. The molecule has 0 saturated carbocycles. The first-order valence-electron chi connectivity index (χ1n) is 7.34. The van der Waals surface area contributed by atoms with Gasteiger partial charge in [-0.1, -0.05) is 36.4 Å². The lowest BCUT2D eigenvalue weighted by molar-refractivity contribution is -0.112. The van der Waals surface area contributed by atoms with Crippen molar-refractivity contribution in [1.82, 2.24) is 9.78 Å². The van der Waals surface area contributed by atoms with Crippen LogP contribution in [0.2, 0.25) is 0 Å². The van der Waals surface area contributed by atoms with Crippen LogP contribution in [0.3, 0.4) is 0 Å². The van der Waals surface area contributed by atoms with Crippen LogP contribution < -0.4 is 0 Å². The lowest BCUT2D eigenvalue weighted by Crippen LogP contribution is -1.99. The largest absolute Gasteiger partial charge is 0.295 e. The van der Waals surface area contributed by atoms with Crippen LogP contribution >= 0.6 is 0 Å². The maximum Gasteiger partial charge on any atom is 0.180 e. The highest BCUT2D eigenvalue weighted by Gasteiger charge is 2.14. The van der Waals surface area contributed by atoms with Crippen molar-refractivity contribution in [1.29, 1.82) is 0 Å². The van der Waals surface area contributed by atoms with Crippen LogP contribution in [0.5, 0.6) is 0 Å². The smallest absolute Gasteiger partial charge is 0.180 e. The highest BCUT2D eigenvalue weighted by Crippen LogP contribution is 2.22. The van der Waals surface area contributed by atoms with Gasteiger partial charge in [-0.15, -0.1) is 0 Å². The number of rotatable bonds is 4. The van der Waals surface area contributed by atoms with Crippen molar-refractivity contribution < 1.29 is 9.59 Å². The molecule has 0 spiro atoms. The lowest BCUT2D eigenvalue weighted by atomic mass is 10.1. The Morgan fingerprint density at radius 2 is 1.70 bits per heavy atom. The van der Waals surface area contributed by atoms with Gasteiger partial charge >= 0.3 is 0 Å². The quantitative estimate of drug-likeness (QED) is 0.543. The number of aromatic nitrogens is 2. The molecule has 114 valence electrons. The Morgan fingerprint density at radius 3 is 2.35 bits per heavy atom. The van der Waals surface area contributed by atoms with Crippen LogP contribution in [-0.4, -0.2) is 21.3 Å². The lowest BCUT2D eigenvalue weighted by Gasteiger charge is -2.03. The zero-order chi connectivity index (χ0) is 16.4. The van der Waals surface area contributed by atoms with Crippen molar-refractivity contribution in [3.8, 4) is 5.69 Å². The molecule has 0 fully saturated rings. The molecule has 0 N–H and O–H groups in total. The Morgan fingerprint density at radius 1 is 1.00 bits per heavy atom. The zero-order valence-electron chi connectivity index (χ0n) is 13.0. The molecule has 3 rings (SSSR count). The van der Waals surface area contributed by atoms with Gasteiger partial charge < -0.3 is 0 Å². The van der Waals surface area contributed by atoms with Gasteiger partial charge in [0.15, 0.2) is 11.6 Å². The highest BCUT2D eigenvalue weighted by atomic mass is 16.1. The van der Waals surface area contributed by atoms with E-state index < -0.39 is 0 Å².